The summed E-state index contributed by atoms with van der Waals surface area (Å²) in [5.74, 6) is 0.692. The zero-order valence-electron chi connectivity index (χ0n) is 20.2. The molecule has 2 aliphatic rings. The molecule has 1 N–H and O–H groups in total. The van der Waals surface area contributed by atoms with Crippen molar-refractivity contribution in [2.24, 2.45) is 0 Å². The van der Waals surface area contributed by atoms with Gasteiger partial charge in [0.25, 0.3) is 11.5 Å². The van der Waals surface area contributed by atoms with Gasteiger partial charge < -0.3 is 14.6 Å². The van der Waals surface area contributed by atoms with Crippen LogP contribution in [0.5, 0.6) is 0 Å². The lowest BCUT2D eigenvalue weighted by molar-refractivity contribution is -0.138. The molecule has 7 nitrogen and oxygen atoms in total. The molecule has 1 fully saturated rings. The summed E-state index contributed by atoms with van der Waals surface area (Å²) in [6.45, 7) is 3.39. The van der Waals surface area contributed by atoms with E-state index in [1.165, 1.54) is 6.07 Å². The molecule has 0 unspecified atom stereocenters. The van der Waals surface area contributed by atoms with E-state index in [4.69, 9.17) is 4.74 Å². The lowest BCUT2D eigenvalue weighted by Crippen LogP contribution is -2.37. The quantitative estimate of drug-likeness (QED) is 0.428. The van der Waals surface area contributed by atoms with Crippen LogP contribution in [0, 0.1) is 6.92 Å². The van der Waals surface area contributed by atoms with Gasteiger partial charge in [-0.2, -0.15) is 13.2 Å². The number of carbonyl (C=O) groups excluding carboxylic acids is 1. The number of hydrogen-bond donors (Lipinski definition) is 1. The Bertz CT molecular complexity index is 1600. The number of hydrogen-bond acceptors (Lipinski definition) is 4. The van der Waals surface area contributed by atoms with Crippen molar-refractivity contribution in [2.75, 3.05) is 19.8 Å². The number of nitrogens with one attached hydrogen (secondary N) is 1. The number of halogens is 3. The second-order valence-corrected chi connectivity index (χ2v) is 9.78. The second kappa shape index (κ2) is 8.72. The Morgan fingerprint density at radius 1 is 1.16 bits per heavy atom. The fourth-order valence-electron chi connectivity index (χ4n) is 5.64. The molecule has 0 bridgehead atoms. The molecular weight excluding hydrogens is 485 g/mol. The Kier molecular flexibility index (Phi) is 5.59. The zero-order chi connectivity index (χ0) is 25.9. The van der Waals surface area contributed by atoms with E-state index in [0.717, 1.165) is 30.2 Å². The van der Waals surface area contributed by atoms with Crippen LogP contribution < -0.4 is 5.56 Å². The molecule has 0 saturated carbocycles. The van der Waals surface area contributed by atoms with Gasteiger partial charge in [0.05, 0.1) is 22.8 Å². The number of nitrogens with zero attached hydrogens (tertiary/aromatic N) is 3. The summed E-state index contributed by atoms with van der Waals surface area (Å²) in [7, 11) is 0. The standard InChI is InChI=1S/C27H25F3N4O3/c1-15-11-22-21(32-25(35)23-13-31-24(34(22)23)16-6-9-37-10-7-16)12-19(15)26(36)33-8-5-18-17(14-33)3-2-4-20(18)27(28,29)30/h2-4,11-13,16H,5-10,14H2,1H3,(H,32,35). The number of rotatable bonds is 2. The lowest BCUT2D eigenvalue weighted by atomic mass is 9.93. The summed E-state index contributed by atoms with van der Waals surface area (Å²) in [5.41, 5.74) is 2.65. The van der Waals surface area contributed by atoms with Crippen molar-refractivity contribution in [3.05, 3.63) is 80.5 Å². The van der Waals surface area contributed by atoms with Crippen LogP contribution in [-0.2, 0) is 23.9 Å². The van der Waals surface area contributed by atoms with Gasteiger partial charge in [-0.1, -0.05) is 12.1 Å². The first-order valence-corrected chi connectivity index (χ1v) is 12.3. The Morgan fingerprint density at radius 2 is 1.95 bits per heavy atom. The molecule has 10 heteroatoms. The van der Waals surface area contributed by atoms with Crippen LogP contribution in [0.3, 0.4) is 0 Å². The average molecular weight is 511 g/mol. The summed E-state index contributed by atoms with van der Waals surface area (Å²) in [5, 5.41) is 0. The summed E-state index contributed by atoms with van der Waals surface area (Å²) < 4.78 is 47.7. The van der Waals surface area contributed by atoms with E-state index in [1.807, 2.05) is 17.4 Å². The highest BCUT2D eigenvalue weighted by Crippen LogP contribution is 2.36. The number of fused-ring (bicyclic) bond motifs is 4. The SMILES string of the molecule is Cc1cc2c(cc1C(=O)N1CCc3c(cccc3C(F)(F)F)C1)[nH]c(=O)c1cnc(C3CCOCC3)n12. The predicted octanol–water partition coefficient (Wildman–Crippen LogP) is 4.60. The van der Waals surface area contributed by atoms with E-state index >= 15 is 0 Å². The largest absolute Gasteiger partial charge is 0.416 e. The molecule has 1 saturated heterocycles. The summed E-state index contributed by atoms with van der Waals surface area (Å²) in [6.07, 6.45) is -1.09. The van der Waals surface area contributed by atoms with Crippen LogP contribution in [0.1, 0.15) is 57.2 Å². The normalized spacial score (nSPS) is 16.9. The third-order valence-electron chi connectivity index (χ3n) is 7.53. The van der Waals surface area contributed by atoms with Crippen molar-refractivity contribution >= 4 is 22.5 Å². The summed E-state index contributed by atoms with van der Waals surface area (Å²) in [4.78, 5) is 35.4. The molecule has 0 spiro atoms. The molecule has 37 heavy (non-hydrogen) atoms. The molecule has 2 aromatic heterocycles. The fourth-order valence-corrected chi connectivity index (χ4v) is 5.64. The van der Waals surface area contributed by atoms with E-state index in [1.54, 1.807) is 23.2 Å². The minimum atomic E-state index is -4.43. The third kappa shape index (κ3) is 3.99. The molecule has 6 rings (SSSR count). The molecule has 4 heterocycles. The second-order valence-electron chi connectivity index (χ2n) is 9.78. The Morgan fingerprint density at radius 3 is 2.70 bits per heavy atom. The van der Waals surface area contributed by atoms with Gasteiger partial charge in [-0.15, -0.1) is 0 Å². The summed E-state index contributed by atoms with van der Waals surface area (Å²) in [6, 6.07) is 7.65. The maximum atomic E-state index is 13.5. The highest BCUT2D eigenvalue weighted by Gasteiger charge is 2.36. The van der Waals surface area contributed by atoms with Crippen LogP contribution >= 0.6 is 0 Å². The first-order chi connectivity index (χ1) is 17.7. The van der Waals surface area contributed by atoms with Gasteiger partial charge in [0, 0.05) is 37.8 Å². The molecule has 0 aliphatic carbocycles. The van der Waals surface area contributed by atoms with Gasteiger partial charge in [0.2, 0.25) is 0 Å². The van der Waals surface area contributed by atoms with Crippen molar-refractivity contribution in [3.8, 4) is 0 Å². The number of alkyl halides is 3. The third-order valence-corrected chi connectivity index (χ3v) is 7.53. The molecule has 4 aromatic rings. The number of benzene rings is 2. The van der Waals surface area contributed by atoms with Gasteiger partial charge in [0.15, 0.2) is 0 Å². The van der Waals surface area contributed by atoms with E-state index in [2.05, 4.69) is 9.97 Å². The Balaban J connectivity index is 1.39. The number of amides is 1. The van der Waals surface area contributed by atoms with E-state index < -0.39 is 11.7 Å². The van der Waals surface area contributed by atoms with E-state index in [0.29, 0.717) is 40.9 Å². The molecule has 0 radical (unpaired) electrons. The Hall–Kier alpha value is -3.66. The van der Waals surface area contributed by atoms with Gasteiger partial charge in [0.1, 0.15) is 11.3 Å². The molecule has 2 aromatic carbocycles. The van der Waals surface area contributed by atoms with Gasteiger partial charge >= 0.3 is 6.18 Å². The van der Waals surface area contributed by atoms with Crippen LogP contribution in [0.4, 0.5) is 13.2 Å². The molecule has 2 aliphatic heterocycles. The maximum absolute atomic E-state index is 13.5. The van der Waals surface area contributed by atoms with E-state index in [9.17, 15) is 22.8 Å². The number of carbonyl (C=O) groups is 1. The van der Waals surface area contributed by atoms with E-state index in [-0.39, 0.29) is 42.5 Å². The molecule has 192 valence electrons. The number of aryl methyl sites for hydroxylation is 1. The maximum Gasteiger partial charge on any atom is 0.416 e. The minimum Gasteiger partial charge on any atom is -0.381 e. The number of H-pyrrole nitrogens is 1. The average Bonchev–Trinajstić information content (AvgIpc) is 3.34. The highest BCUT2D eigenvalue weighted by atomic mass is 19.4. The molecule has 1 amide bonds. The predicted molar refractivity (Wildman–Crippen MR) is 131 cm³/mol. The number of ether oxygens (including phenoxy) is 1. The number of aromatic nitrogens is 3. The van der Waals surface area contributed by atoms with Crippen LogP contribution in [0.15, 0.2) is 41.3 Å². The van der Waals surface area contributed by atoms with Crippen LogP contribution in [-0.4, -0.2) is 44.9 Å². The van der Waals surface area contributed by atoms with Crippen molar-refractivity contribution in [2.45, 2.75) is 44.8 Å². The topological polar surface area (TPSA) is 79.7 Å². The van der Waals surface area contributed by atoms with Crippen LogP contribution in [0.2, 0.25) is 0 Å². The van der Waals surface area contributed by atoms with Gasteiger partial charge in [-0.3, -0.25) is 14.0 Å². The van der Waals surface area contributed by atoms with Crippen molar-refractivity contribution in [1.82, 2.24) is 19.3 Å². The smallest absolute Gasteiger partial charge is 0.381 e. The minimum absolute atomic E-state index is 0.0978. The first kappa shape index (κ1) is 23.7. The number of imidazole rings is 1. The lowest BCUT2D eigenvalue weighted by Gasteiger charge is -2.31. The van der Waals surface area contributed by atoms with Crippen LogP contribution in [0.25, 0.3) is 16.6 Å². The van der Waals surface area contributed by atoms with Crippen molar-refractivity contribution in [1.29, 1.82) is 0 Å². The molecule has 0 atom stereocenters. The fraction of sp³-hybridized carbons (Fsp3) is 0.370. The first-order valence-electron chi connectivity index (χ1n) is 12.3. The molecular formula is C27H25F3N4O3. The van der Waals surface area contributed by atoms with Crippen molar-refractivity contribution in [3.63, 3.8) is 0 Å². The van der Waals surface area contributed by atoms with Gasteiger partial charge in [-0.05, 0) is 61.1 Å². The highest BCUT2D eigenvalue weighted by molar-refractivity contribution is 5.99. The van der Waals surface area contributed by atoms with Gasteiger partial charge in [-0.25, -0.2) is 4.98 Å². The zero-order valence-corrected chi connectivity index (χ0v) is 20.2. The summed E-state index contributed by atoms with van der Waals surface area (Å²) >= 11 is 0. The Labute approximate surface area is 209 Å². The number of aromatic amines is 1. The monoisotopic (exact) mass is 510 g/mol. The van der Waals surface area contributed by atoms with Crippen molar-refractivity contribution < 1.29 is 22.7 Å².